The number of hydrogen-bond donors (Lipinski definition) is 3. The van der Waals surface area contributed by atoms with Crippen molar-refractivity contribution in [1.82, 2.24) is 30.0 Å². The van der Waals surface area contributed by atoms with E-state index in [1.54, 1.807) is 11.0 Å². The molecule has 5 rings (SSSR count). The lowest BCUT2D eigenvalue weighted by molar-refractivity contribution is -0.119. The zero-order valence-corrected chi connectivity index (χ0v) is 23.4. The molecule has 0 atom stereocenters. The molecule has 0 unspecified atom stereocenters. The second-order valence-electron chi connectivity index (χ2n) is 10.9. The van der Waals surface area contributed by atoms with Gasteiger partial charge < -0.3 is 20.9 Å². The predicted molar refractivity (Wildman–Crippen MR) is 151 cm³/mol. The number of rotatable bonds is 8. The lowest BCUT2D eigenvalue weighted by atomic mass is 9.86. The first-order chi connectivity index (χ1) is 18.1. The highest BCUT2D eigenvalue weighted by molar-refractivity contribution is 6.29. The van der Waals surface area contributed by atoms with Crippen molar-refractivity contribution >= 4 is 34.8 Å². The SMILES string of the molecule is CC(C)NCCNc1ccc(-c2cc(Cl)nn2C)nc1C1CCN(c2ncnc3c2C(C)(C)C(=O)N3)CC1. The van der Waals surface area contributed by atoms with Crippen molar-refractivity contribution in [3.8, 4) is 11.4 Å². The molecule has 1 amide bonds. The Hall–Kier alpha value is -3.24. The molecule has 3 aromatic rings. The van der Waals surface area contributed by atoms with Gasteiger partial charge in [-0.05, 0) is 38.8 Å². The van der Waals surface area contributed by atoms with Gasteiger partial charge in [-0.15, -0.1) is 0 Å². The number of nitrogens with zero attached hydrogens (tertiary/aromatic N) is 6. The third kappa shape index (κ3) is 5.07. The zero-order chi connectivity index (χ0) is 27.0. The summed E-state index contributed by atoms with van der Waals surface area (Å²) in [7, 11) is 1.88. The normalized spacial score (nSPS) is 17.1. The van der Waals surface area contributed by atoms with E-state index in [0.29, 0.717) is 17.0 Å². The summed E-state index contributed by atoms with van der Waals surface area (Å²) in [6.07, 6.45) is 3.38. The third-order valence-corrected chi connectivity index (χ3v) is 7.65. The van der Waals surface area contributed by atoms with Crippen LogP contribution in [-0.2, 0) is 17.3 Å². The van der Waals surface area contributed by atoms with E-state index in [1.165, 1.54) is 0 Å². The first-order valence-electron chi connectivity index (χ1n) is 13.2. The van der Waals surface area contributed by atoms with Crippen LogP contribution in [0.5, 0.6) is 0 Å². The number of carbonyl (C=O) groups excluding carboxylic acids is 1. The number of fused-ring (bicyclic) bond motifs is 1. The number of anilines is 3. The molecule has 0 radical (unpaired) electrons. The molecule has 202 valence electrons. The van der Waals surface area contributed by atoms with Crippen LogP contribution in [0.4, 0.5) is 17.3 Å². The predicted octanol–water partition coefficient (Wildman–Crippen LogP) is 3.95. The van der Waals surface area contributed by atoms with Crippen LogP contribution < -0.4 is 20.9 Å². The van der Waals surface area contributed by atoms with Gasteiger partial charge in [0.25, 0.3) is 0 Å². The summed E-state index contributed by atoms with van der Waals surface area (Å²) in [6, 6.07) is 6.44. The molecule has 5 heterocycles. The Morgan fingerprint density at radius 2 is 1.95 bits per heavy atom. The van der Waals surface area contributed by atoms with Crippen molar-refractivity contribution in [3.05, 3.63) is 40.9 Å². The summed E-state index contributed by atoms with van der Waals surface area (Å²) in [4.78, 5) is 28.9. The summed E-state index contributed by atoms with van der Waals surface area (Å²) in [5, 5.41) is 14.7. The molecular formula is C27H36ClN9O. The second kappa shape index (κ2) is 10.5. The Balaban J connectivity index is 1.39. The smallest absolute Gasteiger partial charge is 0.235 e. The van der Waals surface area contributed by atoms with Gasteiger partial charge in [0.2, 0.25) is 5.91 Å². The van der Waals surface area contributed by atoms with Crippen molar-refractivity contribution in [3.63, 3.8) is 0 Å². The van der Waals surface area contributed by atoms with Crippen LogP contribution in [0.1, 0.15) is 57.7 Å². The van der Waals surface area contributed by atoms with Crippen LogP contribution in [0.25, 0.3) is 11.4 Å². The lowest BCUT2D eigenvalue weighted by Crippen LogP contribution is -2.36. The molecule has 0 aliphatic carbocycles. The third-order valence-electron chi connectivity index (χ3n) is 7.46. The fraction of sp³-hybridized carbons (Fsp3) is 0.519. The Kier molecular flexibility index (Phi) is 7.28. The molecule has 10 nitrogen and oxygen atoms in total. The highest BCUT2D eigenvalue weighted by atomic mass is 35.5. The molecular weight excluding hydrogens is 502 g/mol. The van der Waals surface area contributed by atoms with Crippen LogP contribution in [0.2, 0.25) is 5.15 Å². The van der Waals surface area contributed by atoms with E-state index in [-0.39, 0.29) is 11.8 Å². The van der Waals surface area contributed by atoms with Crippen LogP contribution in [0.3, 0.4) is 0 Å². The fourth-order valence-corrected chi connectivity index (χ4v) is 5.55. The van der Waals surface area contributed by atoms with E-state index < -0.39 is 5.41 Å². The van der Waals surface area contributed by atoms with Crippen LogP contribution in [-0.4, -0.2) is 62.9 Å². The van der Waals surface area contributed by atoms with Crippen LogP contribution >= 0.6 is 11.6 Å². The minimum absolute atomic E-state index is 0.0388. The van der Waals surface area contributed by atoms with E-state index in [9.17, 15) is 4.79 Å². The minimum atomic E-state index is -0.663. The number of aryl methyl sites for hydroxylation is 1. The molecule has 3 aromatic heterocycles. The van der Waals surface area contributed by atoms with E-state index in [0.717, 1.165) is 73.2 Å². The molecule has 2 aliphatic heterocycles. The lowest BCUT2D eigenvalue weighted by Gasteiger charge is -2.35. The maximum absolute atomic E-state index is 12.6. The van der Waals surface area contributed by atoms with Gasteiger partial charge in [-0.25, -0.2) is 15.0 Å². The number of pyridine rings is 1. The van der Waals surface area contributed by atoms with E-state index >= 15 is 0 Å². The maximum atomic E-state index is 12.6. The quantitative estimate of drug-likeness (QED) is 0.370. The van der Waals surface area contributed by atoms with Gasteiger partial charge in [-0.3, -0.25) is 9.48 Å². The van der Waals surface area contributed by atoms with Crippen molar-refractivity contribution in [2.45, 2.75) is 57.9 Å². The largest absolute Gasteiger partial charge is 0.382 e. The van der Waals surface area contributed by atoms with Gasteiger partial charge in [-0.2, -0.15) is 5.10 Å². The zero-order valence-electron chi connectivity index (χ0n) is 22.7. The van der Waals surface area contributed by atoms with E-state index in [2.05, 4.69) is 55.8 Å². The average Bonchev–Trinajstić information content (AvgIpc) is 3.35. The Bertz CT molecular complexity index is 1330. The minimum Gasteiger partial charge on any atom is -0.382 e. The average molecular weight is 538 g/mol. The summed E-state index contributed by atoms with van der Waals surface area (Å²) in [5.41, 5.74) is 4.09. The molecule has 0 bridgehead atoms. The fourth-order valence-electron chi connectivity index (χ4n) is 5.34. The first-order valence-corrected chi connectivity index (χ1v) is 13.6. The highest BCUT2D eigenvalue weighted by Crippen LogP contribution is 2.43. The van der Waals surface area contributed by atoms with Crippen LogP contribution in [0, 0.1) is 0 Å². The van der Waals surface area contributed by atoms with E-state index in [4.69, 9.17) is 16.6 Å². The van der Waals surface area contributed by atoms with Gasteiger partial charge in [-0.1, -0.05) is 25.4 Å². The van der Waals surface area contributed by atoms with Crippen molar-refractivity contribution < 1.29 is 4.79 Å². The molecule has 0 saturated carbocycles. The molecule has 0 aromatic carbocycles. The maximum Gasteiger partial charge on any atom is 0.235 e. The van der Waals surface area contributed by atoms with Crippen LogP contribution in [0.15, 0.2) is 24.5 Å². The number of amides is 1. The standard InChI is InChI=1S/C27H36ClN9O/c1-16(2)29-10-11-30-19-7-6-18(20-14-21(28)35-36(20)5)33-23(19)17-8-12-37(13-9-17)25-22-24(31-15-32-25)34-26(38)27(22,3)4/h6-7,14-17,29-30H,8-13H2,1-5H3,(H,31,32,34,38). The number of aromatic nitrogens is 5. The summed E-state index contributed by atoms with van der Waals surface area (Å²) in [5.74, 6) is 1.71. The van der Waals surface area contributed by atoms with Gasteiger partial charge in [0.15, 0.2) is 5.15 Å². The van der Waals surface area contributed by atoms with Gasteiger partial charge in [0.1, 0.15) is 18.0 Å². The summed E-state index contributed by atoms with van der Waals surface area (Å²) in [6.45, 7) is 11.5. The van der Waals surface area contributed by atoms with Gasteiger partial charge in [0.05, 0.1) is 33.7 Å². The number of hydrogen-bond acceptors (Lipinski definition) is 8. The molecule has 1 saturated heterocycles. The Labute approximate surface area is 228 Å². The van der Waals surface area contributed by atoms with Crippen molar-refractivity contribution in [2.75, 3.05) is 41.7 Å². The topological polar surface area (TPSA) is 113 Å². The number of halogens is 1. The van der Waals surface area contributed by atoms with Gasteiger partial charge >= 0.3 is 0 Å². The highest BCUT2D eigenvalue weighted by Gasteiger charge is 2.43. The molecule has 0 spiro atoms. The molecule has 3 N–H and O–H groups in total. The van der Waals surface area contributed by atoms with Gasteiger partial charge in [0, 0.05) is 51.3 Å². The number of carbonyl (C=O) groups is 1. The molecule has 11 heteroatoms. The summed E-state index contributed by atoms with van der Waals surface area (Å²) >= 11 is 6.17. The van der Waals surface area contributed by atoms with Crippen molar-refractivity contribution in [2.24, 2.45) is 7.05 Å². The number of nitrogens with one attached hydrogen (secondary N) is 3. The Morgan fingerprint density at radius 3 is 2.63 bits per heavy atom. The monoisotopic (exact) mass is 537 g/mol. The first kappa shape index (κ1) is 26.4. The van der Waals surface area contributed by atoms with E-state index in [1.807, 2.05) is 33.0 Å². The molecule has 38 heavy (non-hydrogen) atoms. The second-order valence-corrected chi connectivity index (χ2v) is 11.3. The molecule has 2 aliphatic rings. The Morgan fingerprint density at radius 1 is 1.18 bits per heavy atom. The molecule has 1 fully saturated rings. The summed E-state index contributed by atoms with van der Waals surface area (Å²) < 4.78 is 1.77. The van der Waals surface area contributed by atoms with Crippen molar-refractivity contribution in [1.29, 1.82) is 0 Å². The number of piperidine rings is 1.